The van der Waals surface area contributed by atoms with Gasteiger partial charge >= 0.3 is 0 Å². The average Bonchev–Trinajstić information content (AvgIpc) is 2.90. The maximum absolute atomic E-state index is 13.2. The van der Waals surface area contributed by atoms with Crippen molar-refractivity contribution in [3.8, 4) is 11.5 Å². The van der Waals surface area contributed by atoms with Crippen molar-refractivity contribution in [2.24, 2.45) is 0 Å². The van der Waals surface area contributed by atoms with Crippen LogP contribution >= 0.6 is 0 Å². The minimum Gasteiger partial charge on any atom is -0.457 e. The third-order valence-corrected chi connectivity index (χ3v) is 6.64. The number of hydrogen-bond donors (Lipinski definition) is 0. The molecule has 188 valence electrons. The Morgan fingerprint density at radius 2 is 1.53 bits per heavy atom. The van der Waals surface area contributed by atoms with Gasteiger partial charge in [-0.05, 0) is 56.4 Å². The fraction of sp³-hybridized carbons (Fsp3) is 0.370. The maximum Gasteiger partial charge on any atom is 0.254 e. The predicted octanol–water partition coefficient (Wildman–Crippen LogP) is 3.43. The highest BCUT2D eigenvalue weighted by atomic mass is 19.1. The monoisotopic (exact) mass is 490 g/mol. The largest absolute Gasteiger partial charge is 0.457 e. The fourth-order valence-corrected chi connectivity index (χ4v) is 4.50. The van der Waals surface area contributed by atoms with E-state index < -0.39 is 0 Å². The van der Waals surface area contributed by atoms with Crippen molar-refractivity contribution in [3.63, 3.8) is 0 Å². The number of halogens is 1. The molecular weight excluding hydrogens is 459 g/mol. The van der Waals surface area contributed by atoms with E-state index in [1.165, 1.54) is 12.1 Å². The quantitative estimate of drug-likeness (QED) is 0.543. The molecule has 0 spiro atoms. The number of ether oxygens (including phenoxy) is 1. The summed E-state index contributed by atoms with van der Waals surface area (Å²) in [5.74, 6) is 2.40. The Labute approximate surface area is 210 Å². The summed E-state index contributed by atoms with van der Waals surface area (Å²) in [6, 6.07) is 15.0. The number of aryl methyl sites for hydroxylation is 1. The first-order chi connectivity index (χ1) is 17.4. The number of anilines is 2. The van der Waals surface area contributed by atoms with Gasteiger partial charge in [0, 0.05) is 69.7 Å². The molecule has 5 rings (SSSR count). The van der Waals surface area contributed by atoms with Crippen LogP contribution in [0.4, 0.5) is 16.2 Å². The van der Waals surface area contributed by atoms with Crippen LogP contribution < -0.4 is 14.5 Å². The van der Waals surface area contributed by atoms with Gasteiger partial charge < -0.3 is 24.3 Å². The van der Waals surface area contributed by atoms with Gasteiger partial charge in [0.2, 0.25) is 5.95 Å². The first-order valence-electron chi connectivity index (χ1n) is 12.3. The zero-order valence-electron chi connectivity index (χ0n) is 20.7. The second kappa shape index (κ2) is 10.5. The standard InChI is InChI=1S/C27H31FN6O2/c1-20-18-25(32-12-10-31(2)11-13-32)30-27(29-20)34-16-14-33(15-17-34)26(35)21-4-3-5-24(19-21)36-23-8-6-22(28)7-9-23/h3-9,18-19H,10-17H2,1-2H3. The lowest BCUT2D eigenvalue weighted by Gasteiger charge is -2.36. The Morgan fingerprint density at radius 3 is 2.25 bits per heavy atom. The van der Waals surface area contributed by atoms with Crippen molar-refractivity contribution in [1.82, 2.24) is 19.8 Å². The third-order valence-electron chi connectivity index (χ3n) is 6.64. The van der Waals surface area contributed by atoms with Gasteiger partial charge in [0.15, 0.2) is 0 Å². The van der Waals surface area contributed by atoms with Crippen LogP contribution in [0.25, 0.3) is 0 Å². The van der Waals surface area contributed by atoms with E-state index in [0.717, 1.165) is 43.6 Å². The highest BCUT2D eigenvalue weighted by Crippen LogP contribution is 2.24. The number of rotatable bonds is 5. The van der Waals surface area contributed by atoms with Crippen LogP contribution in [0.2, 0.25) is 0 Å². The summed E-state index contributed by atoms with van der Waals surface area (Å²) in [5, 5.41) is 0. The molecule has 0 radical (unpaired) electrons. The normalized spacial score (nSPS) is 16.8. The summed E-state index contributed by atoms with van der Waals surface area (Å²) in [6.45, 7) is 8.48. The van der Waals surface area contributed by atoms with Crippen molar-refractivity contribution < 1.29 is 13.9 Å². The number of carbonyl (C=O) groups excluding carboxylic acids is 1. The van der Waals surface area contributed by atoms with Crippen molar-refractivity contribution in [3.05, 3.63) is 71.7 Å². The molecule has 0 unspecified atom stereocenters. The SMILES string of the molecule is Cc1cc(N2CCN(C)CC2)nc(N2CCN(C(=O)c3cccc(Oc4ccc(F)cc4)c3)CC2)n1. The molecule has 0 atom stereocenters. The second-order valence-electron chi connectivity index (χ2n) is 9.32. The van der Waals surface area contributed by atoms with Crippen molar-refractivity contribution in [2.75, 3.05) is 69.2 Å². The van der Waals surface area contributed by atoms with E-state index in [1.807, 2.05) is 11.8 Å². The molecule has 1 amide bonds. The van der Waals surface area contributed by atoms with Gasteiger partial charge in [-0.25, -0.2) is 9.37 Å². The van der Waals surface area contributed by atoms with Crippen LogP contribution in [-0.2, 0) is 0 Å². The highest BCUT2D eigenvalue weighted by Gasteiger charge is 2.25. The number of likely N-dealkylation sites (N-methyl/N-ethyl adjacent to an activating group) is 1. The number of benzene rings is 2. The number of amides is 1. The lowest BCUT2D eigenvalue weighted by molar-refractivity contribution is 0.0746. The molecule has 2 aliphatic rings. The Morgan fingerprint density at radius 1 is 0.833 bits per heavy atom. The van der Waals surface area contributed by atoms with Crippen molar-refractivity contribution in [2.45, 2.75) is 6.92 Å². The summed E-state index contributed by atoms with van der Waals surface area (Å²) in [5.41, 5.74) is 1.51. The molecule has 2 aromatic carbocycles. The molecule has 2 aliphatic heterocycles. The summed E-state index contributed by atoms with van der Waals surface area (Å²) < 4.78 is 18.9. The summed E-state index contributed by atoms with van der Waals surface area (Å²) in [6.07, 6.45) is 0. The second-order valence-corrected chi connectivity index (χ2v) is 9.32. The first kappa shape index (κ1) is 24.0. The van der Waals surface area contributed by atoms with E-state index in [-0.39, 0.29) is 11.7 Å². The zero-order valence-corrected chi connectivity index (χ0v) is 20.7. The third kappa shape index (κ3) is 5.57. The molecular formula is C27H31FN6O2. The van der Waals surface area contributed by atoms with Gasteiger partial charge in [0.1, 0.15) is 23.1 Å². The fourth-order valence-electron chi connectivity index (χ4n) is 4.50. The van der Waals surface area contributed by atoms with E-state index in [4.69, 9.17) is 9.72 Å². The Kier molecular flexibility index (Phi) is 6.99. The van der Waals surface area contributed by atoms with E-state index >= 15 is 0 Å². The van der Waals surface area contributed by atoms with Crippen molar-refractivity contribution in [1.29, 1.82) is 0 Å². The molecule has 3 heterocycles. The zero-order chi connectivity index (χ0) is 25.1. The molecule has 0 saturated carbocycles. The van der Waals surface area contributed by atoms with E-state index in [9.17, 15) is 9.18 Å². The summed E-state index contributed by atoms with van der Waals surface area (Å²) in [7, 11) is 2.14. The number of hydrogen-bond acceptors (Lipinski definition) is 7. The number of carbonyl (C=O) groups is 1. The molecule has 8 nitrogen and oxygen atoms in total. The van der Waals surface area contributed by atoms with Crippen LogP contribution in [0.15, 0.2) is 54.6 Å². The lowest BCUT2D eigenvalue weighted by atomic mass is 10.1. The van der Waals surface area contributed by atoms with Gasteiger partial charge in [0.25, 0.3) is 5.91 Å². The molecule has 0 bridgehead atoms. The summed E-state index contributed by atoms with van der Waals surface area (Å²) >= 11 is 0. The Balaban J connectivity index is 1.22. The number of aromatic nitrogens is 2. The number of piperazine rings is 2. The van der Waals surface area contributed by atoms with Gasteiger partial charge in [-0.15, -0.1) is 0 Å². The Bertz CT molecular complexity index is 1210. The molecule has 9 heteroatoms. The molecule has 36 heavy (non-hydrogen) atoms. The van der Waals surface area contributed by atoms with Gasteiger partial charge in [-0.3, -0.25) is 4.79 Å². The molecule has 1 aromatic heterocycles. The molecule has 2 fully saturated rings. The molecule has 0 aliphatic carbocycles. The maximum atomic E-state index is 13.2. The summed E-state index contributed by atoms with van der Waals surface area (Å²) in [4.78, 5) is 31.4. The van der Waals surface area contributed by atoms with E-state index in [1.54, 1.807) is 36.4 Å². The minimum absolute atomic E-state index is 0.0394. The van der Waals surface area contributed by atoms with Crippen LogP contribution in [0.5, 0.6) is 11.5 Å². The first-order valence-corrected chi connectivity index (χ1v) is 12.3. The predicted molar refractivity (Wildman–Crippen MR) is 138 cm³/mol. The van der Waals surface area contributed by atoms with Crippen LogP contribution in [0.1, 0.15) is 16.1 Å². The molecule has 3 aromatic rings. The van der Waals surface area contributed by atoms with Crippen LogP contribution in [0, 0.1) is 12.7 Å². The number of nitrogens with zero attached hydrogens (tertiary/aromatic N) is 6. The van der Waals surface area contributed by atoms with E-state index in [2.05, 4.69) is 32.8 Å². The highest BCUT2D eigenvalue weighted by molar-refractivity contribution is 5.94. The minimum atomic E-state index is -0.322. The molecule has 2 saturated heterocycles. The van der Waals surface area contributed by atoms with Gasteiger partial charge in [0.05, 0.1) is 0 Å². The molecule has 0 N–H and O–H groups in total. The van der Waals surface area contributed by atoms with E-state index in [0.29, 0.717) is 43.2 Å². The van der Waals surface area contributed by atoms with Gasteiger partial charge in [-0.2, -0.15) is 4.98 Å². The Hall–Kier alpha value is -3.72. The topological polar surface area (TPSA) is 65.0 Å². The van der Waals surface area contributed by atoms with Crippen molar-refractivity contribution >= 4 is 17.7 Å². The smallest absolute Gasteiger partial charge is 0.254 e. The van der Waals surface area contributed by atoms with Crippen LogP contribution in [0.3, 0.4) is 0 Å². The lowest BCUT2D eigenvalue weighted by Crippen LogP contribution is -2.49. The average molecular weight is 491 g/mol. The van der Waals surface area contributed by atoms with Crippen LogP contribution in [-0.4, -0.2) is 85.1 Å². The van der Waals surface area contributed by atoms with Gasteiger partial charge in [-0.1, -0.05) is 6.07 Å².